The third-order valence-electron chi connectivity index (χ3n) is 2.74. The molecule has 0 spiro atoms. The van der Waals surface area contributed by atoms with Gasteiger partial charge in [0.25, 0.3) is 10.0 Å². The smallest absolute Gasteiger partial charge is 0.200 e. The number of halogens is 3. The van der Waals surface area contributed by atoms with Crippen LogP contribution in [0.4, 0.5) is 18.9 Å². The van der Waals surface area contributed by atoms with Crippen molar-refractivity contribution in [2.24, 2.45) is 0 Å². The molecule has 0 heterocycles. The van der Waals surface area contributed by atoms with Crippen molar-refractivity contribution in [2.45, 2.75) is 10.4 Å². The van der Waals surface area contributed by atoms with Crippen LogP contribution in [0, 0.1) is 0 Å². The van der Waals surface area contributed by atoms with Crippen molar-refractivity contribution in [3.63, 3.8) is 0 Å². The SMILES string of the molecule is O=S(=O)(c1ccccc1)N(c1ccccc1)S(=O)(=O)C(F)(F)F. The van der Waals surface area contributed by atoms with E-state index in [9.17, 15) is 30.0 Å². The largest absolute Gasteiger partial charge is 0.517 e. The fourth-order valence-electron chi connectivity index (χ4n) is 1.74. The van der Waals surface area contributed by atoms with Gasteiger partial charge in [-0.25, -0.2) is 8.42 Å². The van der Waals surface area contributed by atoms with Crippen LogP contribution in [-0.4, -0.2) is 22.3 Å². The molecule has 23 heavy (non-hydrogen) atoms. The molecule has 0 N–H and O–H groups in total. The minimum Gasteiger partial charge on any atom is -0.200 e. The summed E-state index contributed by atoms with van der Waals surface area (Å²) in [6, 6.07) is 11.8. The molecule has 2 rings (SSSR count). The third kappa shape index (κ3) is 3.17. The van der Waals surface area contributed by atoms with E-state index in [1.165, 1.54) is 36.4 Å². The van der Waals surface area contributed by atoms with Gasteiger partial charge in [-0.1, -0.05) is 36.4 Å². The number of sulfonamides is 2. The monoisotopic (exact) mass is 365 g/mol. The zero-order valence-corrected chi connectivity index (χ0v) is 12.9. The molecule has 0 atom stereocenters. The van der Waals surface area contributed by atoms with Crippen molar-refractivity contribution in [1.82, 2.24) is 0 Å². The van der Waals surface area contributed by atoms with E-state index in [4.69, 9.17) is 0 Å². The third-order valence-corrected chi connectivity index (χ3v) is 6.66. The van der Waals surface area contributed by atoms with Gasteiger partial charge < -0.3 is 0 Å². The Kier molecular flexibility index (Phi) is 4.40. The van der Waals surface area contributed by atoms with Crippen LogP contribution in [0.25, 0.3) is 0 Å². The zero-order valence-electron chi connectivity index (χ0n) is 11.3. The lowest BCUT2D eigenvalue weighted by Gasteiger charge is -2.24. The highest BCUT2D eigenvalue weighted by Gasteiger charge is 2.54. The molecule has 5 nitrogen and oxygen atoms in total. The highest BCUT2D eigenvalue weighted by molar-refractivity contribution is 8.10. The molecule has 0 saturated heterocycles. The average molecular weight is 365 g/mol. The number of hydrogen-bond donors (Lipinski definition) is 0. The standard InChI is InChI=1S/C13H10F3NO4S2/c14-13(15,16)23(20,21)17(11-7-3-1-4-8-11)22(18,19)12-9-5-2-6-10-12/h1-10H. The Balaban J connectivity index is 2.75. The molecule has 0 bridgehead atoms. The maximum atomic E-state index is 12.9. The molecule has 124 valence electrons. The van der Waals surface area contributed by atoms with Crippen LogP contribution in [0.3, 0.4) is 0 Å². The Hall–Kier alpha value is -2.07. The molecular weight excluding hydrogens is 355 g/mol. The van der Waals surface area contributed by atoms with Crippen molar-refractivity contribution in [1.29, 1.82) is 0 Å². The van der Waals surface area contributed by atoms with Crippen LogP contribution in [0.15, 0.2) is 65.6 Å². The second-order valence-electron chi connectivity index (χ2n) is 4.30. The van der Waals surface area contributed by atoms with Gasteiger partial charge in [0.2, 0.25) is 0 Å². The fourth-order valence-corrected chi connectivity index (χ4v) is 4.96. The second kappa shape index (κ2) is 5.85. The summed E-state index contributed by atoms with van der Waals surface area (Å²) in [6.45, 7) is 0. The van der Waals surface area contributed by atoms with Gasteiger partial charge in [0.15, 0.2) is 0 Å². The Morgan fingerprint density at radius 3 is 1.61 bits per heavy atom. The molecule has 0 fully saturated rings. The number of nitrogens with zero attached hydrogens (tertiary/aromatic N) is 1. The molecule has 0 aromatic heterocycles. The summed E-state index contributed by atoms with van der Waals surface area (Å²) in [5, 5.41) is 0. The first kappa shape index (κ1) is 17.3. The van der Waals surface area contributed by atoms with Gasteiger partial charge in [-0.05, 0) is 24.3 Å². The van der Waals surface area contributed by atoms with Gasteiger partial charge >= 0.3 is 15.5 Å². The molecule has 0 unspecified atom stereocenters. The quantitative estimate of drug-likeness (QED) is 0.835. The van der Waals surface area contributed by atoms with Gasteiger partial charge in [-0.3, -0.25) is 0 Å². The van der Waals surface area contributed by atoms with Gasteiger partial charge in [-0.15, -0.1) is 0 Å². The van der Waals surface area contributed by atoms with Crippen LogP contribution in [0.1, 0.15) is 0 Å². The highest BCUT2D eigenvalue weighted by Crippen LogP contribution is 2.35. The molecule has 0 aliphatic rings. The molecule has 2 aromatic rings. The van der Waals surface area contributed by atoms with E-state index in [2.05, 4.69) is 0 Å². The van der Waals surface area contributed by atoms with Crippen LogP contribution >= 0.6 is 0 Å². The zero-order chi connectivity index (χ0) is 17.3. The molecule has 0 radical (unpaired) electrons. The van der Waals surface area contributed by atoms with E-state index in [1.807, 2.05) is 0 Å². The lowest BCUT2D eigenvalue weighted by atomic mass is 10.3. The Bertz CT molecular complexity index is 880. The summed E-state index contributed by atoms with van der Waals surface area (Å²) < 4.78 is 86.7. The average Bonchev–Trinajstić information content (AvgIpc) is 2.47. The first-order chi connectivity index (χ1) is 10.6. The van der Waals surface area contributed by atoms with E-state index >= 15 is 0 Å². The molecular formula is C13H10F3NO4S2. The number of rotatable bonds is 4. The van der Waals surface area contributed by atoms with E-state index in [0.717, 1.165) is 24.3 Å². The van der Waals surface area contributed by atoms with Gasteiger partial charge in [-0.2, -0.15) is 25.3 Å². The highest BCUT2D eigenvalue weighted by atomic mass is 32.3. The minimum absolute atomic E-state index is 0.573. The van der Waals surface area contributed by atoms with E-state index in [1.54, 1.807) is 0 Å². The fraction of sp³-hybridized carbons (Fsp3) is 0.0769. The lowest BCUT2D eigenvalue weighted by Crippen LogP contribution is -2.44. The lowest BCUT2D eigenvalue weighted by molar-refractivity contribution is -0.0434. The molecule has 0 saturated carbocycles. The van der Waals surface area contributed by atoms with Crippen molar-refractivity contribution in [3.05, 3.63) is 60.7 Å². The summed E-state index contributed by atoms with van der Waals surface area (Å²) >= 11 is 0. The second-order valence-corrected chi connectivity index (χ2v) is 8.10. The molecule has 10 heteroatoms. The van der Waals surface area contributed by atoms with E-state index in [-0.39, 0.29) is 0 Å². The van der Waals surface area contributed by atoms with Crippen molar-refractivity contribution >= 4 is 25.7 Å². The first-order valence-corrected chi connectivity index (χ1v) is 8.93. The maximum Gasteiger partial charge on any atom is 0.517 e. The van der Waals surface area contributed by atoms with Gasteiger partial charge in [0.05, 0.1) is 10.6 Å². The molecule has 0 amide bonds. The number of benzene rings is 2. The predicted molar refractivity (Wildman–Crippen MR) is 77.5 cm³/mol. The number of anilines is 1. The van der Waals surface area contributed by atoms with Crippen molar-refractivity contribution in [2.75, 3.05) is 3.71 Å². The Morgan fingerprint density at radius 2 is 1.17 bits per heavy atom. The first-order valence-electron chi connectivity index (χ1n) is 6.05. The Morgan fingerprint density at radius 1 is 0.739 bits per heavy atom. The Labute approximate surface area is 131 Å². The molecule has 0 aliphatic carbocycles. The number of para-hydroxylation sites is 1. The van der Waals surface area contributed by atoms with Gasteiger partial charge in [0, 0.05) is 0 Å². The minimum atomic E-state index is -6.15. The normalized spacial score (nSPS) is 12.8. The van der Waals surface area contributed by atoms with Crippen LogP contribution < -0.4 is 3.71 Å². The maximum absolute atomic E-state index is 12.9. The summed E-state index contributed by atoms with van der Waals surface area (Å²) in [7, 11) is -11.1. The van der Waals surface area contributed by atoms with Crippen LogP contribution in [0.2, 0.25) is 0 Å². The predicted octanol–water partition coefficient (Wildman–Crippen LogP) is 2.73. The summed E-state index contributed by atoms with van der Waals surface area (Å²) in [5.41, 5.74) is -6.40. The topological polar surface area (TPSA) is 71.5 Å². The number of hydrogen-bond acceptors (Lipinski definition) is 4. The van der Waals surface area contributed by atoms with Crippen molar-refractivity contribution < 1.29 is 30.0 Å². The van der Waals surface area contributed by atoms with Crippen molar-refractivity contribution in [3.8, 4) is 0 Å². The molecule has 2 aromatic carbocycles. The summed E-state index contributed by atoms with van der Waals surface area (Å²) in [5.74, 6) is 0. The summed E-state index contributed by atoms with van der Waals surface area (Å²) in [4.78, 5) is -0.573. The van der Waals surface area contributed by atoms with Gasteiger partial charge in [0.1, 0.15) is 0 Å². The van der Waals surface area contributed by atoms with E-state index in [0.29, 0.717) is 0 Å². The summed E-state index contributed by atoms with van der Waals surface area (Å²) in [6.07, 6.45) is 0. The molecule has 0 aliphatic heterocycles. The van der Waals surface area contributed by atoms with Crippen LogP contribution in [0.5, 0.6) is 0 Å². The van der Waals surface area contributed by atoms with Crippen LogP contribution in [-0.2, 0) is 20.0 Å². The number of alkyl halides is 3. The van der Waals surface area contributed by atoms with E-state index < -0.39 is 39.8 Å².